The molecule has 0 radical (unpaired) electrons. The quantitative estimate of drug-likeness (QED) is 0.734. The lowest BCUT2D eigenvalue weighted by atomic mass is 10.2. The van der Waals surface area contributed by atoms with Gasteiger partial charge in [0.1, 0.15) is 15.9 Å². The van der Waals surface area contributed by atoms with Gasteiger partial charge in [0.05, 0.1) is 0 Å². The summed E-state index contributed by atoms with van der Waals surface area (Å²) in [6.07, 6.45) is 1.85. The Balaban J connectivity index is 2.20. The second-order valence-corrected chi connectivity index (χ2v) is 8.18. The molecule has 1 nitrogen and oxygen atoms in total. The molecule has 0 saturated carbocycles. The molecule has 0 aromatic heterocycles. The third-order valence-electron chi connectivity index (χ3n) is 3.86. The van der Waals surface area contributed by atoms with Crippen LogP contribution in [0.4, 0.5) is 0 Å². The highest BCUT2D eigenvalue weighted by molar-refractivity contribution is 7.93. The van der Waals surface area contributed by atoms with Crippen molar-refractivity contribution in [2.75, 3.05) is 0 Å². The van der Waals surface area contributed by atoms with E-state index >= 15 is 0 Å². The Morgan fingerprint density at radius 1 is 0.636 bits per heavy atom. The van der Waals surface area contributed by atoms with Gasteiger partial charge in [0.15, 0.2) is 7.41 Å². The molecule has 22 heavy (non-hydrogen) atoms. The largest absolute Gasteiger partial charge is 0.191 e. The molecule has 3 aromatic rings. The van der Waals surface area contributed by atoms with Gasteiger partial charge in [0, 0.05) is 0 Å². The predicted octanol–water partition coefficient (Wildman–Crippen LogP) is 3.50. The molecular formula is C20H19NP+. The van der Waals surface area contributed by atoms with Crippen molar-refractivity contribution >= 4 is 29.4 Å². The summed E-state index contributed by atoms with van der Waals surface area (Å²) in [6, 6.07) is 29.2. The van der Waals surface area contributed by atoms with Crippen LogP contribution in [0.25, 0.3) is 6.08 Å². The van der Waals surface area contributed by atoms with Crippen molar-refractivity contribution in [3.63, 3.8) is 0 Å². The molecule has 0 saturated heterocycles. The molecule has 3 rings (SSSR count). The van der Waals surface area contributed by atoms with Crippen LogP contribution >= 0.6 is 7.41 Å². The Bertz CT molecular complexity index is 709. The summed E-state index contributed by atoms with van der Waals surface area (Å²) < 4.78 is 0. The van der Waals surface area contributed by atoms with Crippen molar-refractivity contribution in [3.05, 3.63) is 97.1 Å². The van der Waals surface area contributed by atoms with E-state index in [-0.39, 0.29) is 0 Å². The molecule has 2 heteroatoms. The predicted molar refractivity (Wildman–Crippen MR) is 99.4 cm³/mol. The van der Waals surface area contributed by atoms with Gasteiger partial charge in [0.2, 0.25) is 0 Å². The minimum absolute atomic E-state index is 1.11. The summed E-state index contributed by atoms with van der Waals surface area (Å²) >= 11 is 0. The van der Waals surface area contributed by atoms with Crippen LogP contribution in [0.15, 0.2) is 91.5 Å². The third-order valence-corrected chi connectivity index (χ3v) is 7.20. The zero-order chi connectivity index (χ0) is 15.4. The van der Waals surface area contributed by atoms with Gasteiger partial charge in [-0.25, -0.2) is 0 Å². The highest BCUT2D eigenvalue weighted by atomic mass is 31.2. The van der Waals surface area contributed by atoms with Crippen LogP contribution in [0, 0.1) is 0 Å². The standard InChI is InChI=1S/C20H19NP/c1-2-17-13-15-20(16-14-17)22(21,18-9-5-3-6-10-18)19-11-7-4-8-12-19/h2-16H,1,21H2/q+1. The van der Waals surface area contributed by atoms with Gasteiger partial charge in [0.25, 0.3) is 0 Å². The molecule has 0 atom stereocenters. The van der Waals surface area contributed by atoms with E-state index in [0.717, 1.165) is 5.56 Å². The van der Waals surface area contributed by atoms with E-state index in [0.29, 0.717) is 0 Å². The molecular weight excluding hydrogens is 285 g/mol. The topological polar surface area (TPSA) is 26.0 Å². The van der Waals surface area contributed by atoms with Crippen LogP contribution in [0.2, 0.25) is 0 Å². The zero-order valence-electron chi connectivity index (χ0n) is 12.4. The minimum atomic E-state index is -2.09. The summed E-state index contributed by atoms with van der Waals surface area (Å²) in [4.78, 5) is 0. The van der Waals surface area contributed by atoms with Crippen LogP contribution in [0.5, 0.6) is 0 Å². The lowest BCUT2D eigenvalue weighted by molar-refractivity contribution is 1.67. The van der Waals surface area contributed by atoms with Gasteiger partial charge >= 0.3 is 0 Å². The van der Waals surface area contributed by atoms with Crippen LogP contribution < -0.4 is 21.4 Å². The Labute approximate surface area is 132 Å². The van der Waals surface area contributed by atoms with Gasteiger partial charge in [-0.15, -0.1) is 0 Å². The maximum atomic E-state index is 7.04. The van der Waals surface area contributed by atoms with Crippen molar-refractivity contribution in [2.45, 2.75) is 0 Å². The van der Waals surface area contributed by atoms with Gasteiger partial charge in [-0.2, -0.15) is 5.50 Å². The molecule has 0 aliphatic rings. The summed E-state index contributed by atoms with van der Waals surface area (Å²) in [5.41, 5.74) is 8.15. The summed E-state index contributed by atoms with van der Waals surface area (Å²) in [5, 5.41) is 3.55. The van der Waals surface area contributed by atoms with E-state index in [4.69, 9.17) is 5.50 Å². The van der Waals surface area contributed by atoms with Gasteiger partial charge in [-0.3, -0.25) is 0 Å². The van der Waals surface area contributed by atoms with E-state index in [1.54, 1.807) is 0 Å². The van der Waals surface area contributed by atoms with Crippen LogP contribution in [0.1, 0.15) is 5.56 Å². The highest BCUT2D eigenvalue weighted by Gasteiger charge is 2.41. The second kappa shape index (κ2) is 6.27. The Morgan fingerprint density at radius 2 is 1.05 bits per heavy atom. The smallest absolute Gasteiger partial charge is 0.175 e. The monoisotopic (exact) mass is 304 g/mol. The first-order valence-electron chi connectivity index (χ1n) is 7.27. The van der Waals surface area contributed by atoms with Gasteiger partial charge in [-0.1, -0.05) is 61.2 Å². The van der Waals surface area contributed by atoms with Gasteiger partial charge < -0.3 is 0 Å². The molecule has 0 spiro atoms. The number of rotatable bonds is 4. The summed E-state index contributed by atoms with van der Waals surface area (Å²) in [6.45, 7) is 3.82. The van der Waals surface area contributed by atoms with Crippen molar-refractivity contribution in [2.24, 2.45) is 5.50 Å². The fraction of sp³-hybridized carbons (Fsp3) is 0. The lowest BCUT2D eigenvalue weighted by Crippen LogP contribution is -2.36. The third kappa shape index (κ3) is 2.62. The number of benzene rings is 3. The van der Waals surface area contributed by atoms with E-state index in [9.17, 15) is 0 Å². The van der Waals surface area contributed by atoms with Gasteiger partial charge in [-0.05, 0) is 42.0 Å². The van der Waals surface area contributed by atoms with E-state index in [1.165, 1.54) is 15.9 Å². The molecule has 0 fully saturated rings. The van der Waals surface area contributed by atoms with E-state index in [2.05, 4.69) is 79.4 Å². The zero-order valence-corrected chi connectivity index (χ0v) is 13.3. The van der Waals surface area contributed by atoms with Crippen LogP contribution in [-0.4, -0.2) is 0 Å². The van der Waals surface area contributed by atoms with E-state index in [1.807, 2.05) is 18.2 Å². The molecule has 0 aliphatic heterocycles. The first kappa shape index (κ1) is 14.7. The van der Waals surface area contributed by atoms with E-state index < -0.39 is 7.41 Å². The Hall–Kier alpha value is -2.21. The van der Waals surface area contributed by atoms with Crippen molar-refractivity contribution < 1.29 is 0 Å². The van der Waals surface area contributed by atoms with Crippen LogP contribution in [-0.2, 0) is 0 Å². The Morgan fingerprint density at radius 3 is 1.45 bits per heavy atom. The fourth-order valence-electron chi connectivity index (χ4n) is 2.62. The fourth-order valence-corrected chi connectivity index (χ4v) is 5.42. The van der Waals surface area contributed by atoms with Crippen molar-refractivity contribution in [1.82, 2.24) is 0 Å². The van der Waals surface area contributed by atoms with Crippen molar-refractivity contribution in [1.29, 1.82) is 0 Å². The lowest BCUT2D eigenvalue weighted by Gasteiger charge is -2.22. The molecule has 0 heterocycles. The second-order valence-electron chi connectivity index (χ2n) is 5.19. The maximum Gasteiger partial charge on any atom is 0.175 e. The average Bonchev–Trinajstić information content (AvgIpc) is 2.62. The SMILES string of the molecule is C=Cc1ccc([P+](N)(c2ccccc2)c2ccccc2)cc1. The number of hydrogen-bond acceptors (Lipinski definition) is 1. The number of nitrogens with two attached hydrogens (primary N) is 1. The minimum Gasteiger partial charge on any atom is -0.191 e. The highest BCUT2D eigenvalue weighted by Crippen LogP contribution is 2.46. The molecule has 0 bridgehead atoms. The number of hydrogen-bond donors (Lipinski definition) is 1. The van der Waals surface area contributed by atoms with Crippen LogP contribution in [0.3, 0.4) is 0 Å². The summed E-state index contributed by atoms with van der Waals surface area (Å²) in [5.74, 6) is 0. The average molecular weight is 304 g/mol. The Kier molecular flexibility index (Phi) is 4.20. The maximum absolute atomic E-state index is 7.04. The normalized spacial score (nSPS) is 11.1. The first-order valence-corrected chi connectivity index (χ1v) is 9.13. The molecule has 0 unspecified atom stereocenters. The molecule has 3 aromatic carbocycles. The molecule has 0 aliphatic carbocycles. The van der Waals surface area contributed by atoms with Crippen molar-refractivity contribution in [3.8, 4) is 0 Å². The first-order chi connectivity index (χ1) is 10.7. The molecule has 108 valence electrons. The molecule has 0 amide bonds. The molecule has 2 N–H and O–H groups in total. The summed E-state index contributed by atoms with van der Waals surface area (Å²) in [7, 11) is -2.09.